The van der Waals surface area contributed by atoms with Gasteiger partial charge in [0.2, 0.25) is 5.95 Å². The third-order valence-corrected chi connectivity index (χ3v) is 2.57. The fourth-order valence-electron chi connectivity index (χ4n) is 1.38. The Morgan fingerprint density at radius 2 is 1.70 bits per heavy atom. The van der Waals surface area contributed by atoms with Gasteiger partial charge < -0.3 is 14.8 Å². The summed E-state index contributed by atoms with van der Waals surface area (Å²) < 4.78 is 10.8. The van der Waals surface area contributed by atoms with E-state index in [1.807, 2.05) is 6.92 Å². The topological polar surface area (TPSA) is 69.2 Å². The van der Waals surface area contributed by atoms with Crippen LogP contribution in [0.1, 0.15) is 6.92 Å². The molecule has 0 bridgehead atoms. The van der Waals surface area contributed by atoms with Gasteiger partial charge in [0.15, 0.2) is 0 Å². The Labute approximate surface area is 126 Å². The van der Waals surface area contributed by atoms with Crippen LogP contribution in [0, 0.1) is 0 Å². The van der Waals surface area contributed by atoms with E-state index in [-0.39, 0.29) is 12.0 Å². The van der Waals surface area contributed by atoms with Crippen LogP contribution in [0.15, 0.2) is 18.2 Å². The largest absolute Gasteiger partial charge is 0.464 e. The molecule has 0 saturated carbocycles. The minimum Gasteiger partial charge on any atom is -0.464 e. The van der Waals surface area contributed by atoms with Crippen LogP contribution >= 0.6 is 23.2 Å². The second kappa shape index (κ2) is 6.58. The van der Waals surface area contributed by atoms with Crippen LogP contribution < -0.4 is 14.8 Å². The minimum absolute atomic E-state index is 0.0890. The predicted octanol–water partition coefficient (Wildman–Crippen LogP) is 3.41. The Bertz CT molecular complexity index is 590. The van der Waals surface area contributed by atoms with Crippen LogP contribution in [-0.2, 0) is 0 Å². The molecule has 106 valence electrons. The van der Waals surface area contributed by atoms with E-state index in [0.717, 1.165) is 0 Å². The number of anilines is 1. The van der Waals surface area contributed by atoms with E-state index in [2.05, 4.69) is 20.3 Å². The van der Waals surface area contributed by atoms with Crippen molar-refractivity contribution in [3.05, 3.63) is 28.2 Å². The zero-order valence-corrected chi connectivity index (χ0v) is 12.4. The molecule has 0 unspecified atom stereocenters. The molecule has 0 radical (unpaired) electrons. The van der Waals surface area contributed by atoms with Crippen molar-refractivity contribution in [1.29, 1.82) is 0 Å². The standard InChI is InChI=1S/C12H12Cl2N4O2/c1-3-19-11-16-10(15-2)17-12(18-11)20-9-5-7(13)4-8(14)6-9/h4-6H,3H2,1-2H3,(H,15,16,17,18). The fourth-order valence-corrected chi connectivity index (χ4v) is 1.89. The summed E-state index contributed by atoms with van der Waals surface area (Å²) in [6, 6.07) is 5.09. The molecule has 0 aliphatic carbocycles. The lowest BCUT2D eigenvalue weighted by Crippen LogP contribution is -2.05. The van der Waals surface area contributed by atoms with Gasteiger partial charge in [-0.15, -0.1) is 4.98 Å². The van der Waals surface area contributed by atoms with E-state index in [1.165, 1.54) is 0 Å². The van der Waals surface area contributed by atoms with E-state index in [0.29, 0.717) is 28.3 Å². The summed E-state index contributed by atoms with van der Waals surface area (Å²) in [6.07, 6.45) is 0. The molecule has 1 aromatic heterocycles. The maximum Gasteiger partial charge on any atom is 0.330 e. The molecule has 0 aliphatic heterocycles. The lowest BCUT2D eigenvalue weighted by atomic mass is 10.3. The highest BCUT2D eigenvalue weighted by Gasteiger charge is 2.09. The first-order valence-corrected chi connectivity index (χ1v) is 6.57. The number of benzene rings is 1. The summed E-state index contributed by atoms with van der Waals surface area (Å²) in [5.74, 6) is 0.768. The van der Waals surface area contributed by atoms with Crippen LogP contribution in [0.4, 0.5) is 5.95 Å². The van der Waals surface area contributed by atoms with Crippen molar-refractivity contribution in [2.24, 2.45) is 0 Å². The second-order valence-corrected chi connectivity index (χ2v) is 4.49. The third kappa shape index (κ3) is 3.85. The average molecular weight is 315 g/mol. The van der Waals surface area contributed by atoms with Gasteiger partial charge >= 0.3 is 12.0 Å². The van der Waals surface area contributed by atoms with Gasteiger partial charge in [0.05, 0.1) is 6.61 Å². The highest BCUT2D eigenvalue weighted by atomic mass is 35.5. The normalized spacial score (nSPS) is 10.2. The fraction of sp³-hybridized carbons (Fsp3) is 0.250. The van der Waals surface area contributed by atoms with Crippen molar-refractivity contribution >= 4 is 29.2 Å². The lowest BCUT2D eigenvalue weighted by Gasteiger charge is -2.08. The summed E-state index contributed by atoms with van der Waals surface area (Å²) in [4.78, 5) is 12.1. The Balaban J connectivity index is 2.29. The van der Waals surface area contributed by atoms with Crippen LogP contribution in [0.25, 0.3) is 0 Å². The van der Waals surface area contributed by atoms with Gasteiger partial charge in [-0.25, -0.2) is 0 Å². The van der Waals surface area contributed by atoms with E-state index in [9.17, 15) is 0 Å². The highest BCUT2D eigenvalue weighted by molar-refractivity contribution is 6.34. The molecular weight excluding hydrogens is 303 g/mol. The average Bonchev–Trinajstić information content (AvgIpc) is 2.37. The Morgan fingerprint density at radius 1 is 1.05 bits per heavy atom. The van der Waals surface area contributed by atoms with Gasteiger partial charge in [0, 0.05) is 17.1 Å². The van der Waals surface area contributed by atoms with Crippen molar-refractivity contribution in [2.45, 2.75) is 6.92 Å². The molecule has 6 nitrogen and oxygen atoms in total. The number of halogens is 2. The molecular formula is C12H12Cl2N4O2. The first-order valence-electron chi connectivity index (χ1n) is 5.81. The Morgan fingerprint density at radius 3 is 2.30 bits per heavy atom. The van der Waals surface area contributed by atoms with E-state index in [4.69, 9.17) is 32.7 Å². The molecule has 0 atom stereocenters. The summed E-state index contributed by atoms with van der Waals surface area (Å²) in [5, 5.41) is 3.72. The van der Waals surface area contributed by atoms with Crippen molar-refractivity contribution in [3.63, 3.8) is 0 Å². The number of hydrogen-bond donors (Lipinski definition) is 1. The predicted molar refractivity (Wildman–Crippen MR) is 77.1 cm³/mol. The molecule has 8 heteroatoms. The summed E-state index contributed by atoms with van der Waals surface area (Å²) in [6.45, 7) is 2.27. The molecule has 0 amide bonds. The number of aromatic nitrogens is 3. The van der Waals surface area contributed by atoms with E-state index in [1.54, 1.807) is 25.2 Å². The summed E-state index contributed by atoms with van der Waals surface area (Å²) >= 11 is 11.8. The summed E-state index contributed by atoms with van der Waals surface area (Å²) in [7, 11) is 1.69. The van der Waals surface area contributed by atoms with Crippen molar-refractivity contribution in [1.82, 2.24) is 15.0 Å². The van der Waals surface area contributed by atoms with Crippen LogP contribution in [0.5, 0.6) is 17.8 Å². The van der Waals surface area contributed by atoms with Crippen LogP contribution in [-0.4, -0.2) is 28.6 Å². The molecule has 2 aromatic rings. The van der Waals surface area contributed by atoms with Gasteiger partial charge in [0.1, 0.15) is 5.75 Å². The number of rotatable bonds is 5. The summed E-state index contributed by atoms with van der Waals surface area (Å²) in [5.41, 5.74) is 0. The molecule has 1 heterocycles. The highest BCUT2D eigenvalue weighted by Crippen LogP contribution is 2.27. The molecule has 0 fully saturated rings. The van der Waals surface area contributed by atoms with E-state index >= 15 is 0 Å². The zero-order chi connectivity index (χ0) is 14.5. The molecule has 0 aliphatic rings. The first-order chi connectivity index (χ1) is 9.60. The van der Waals surface area contributed by atoms with E-state index < -0.39 is 0 Å². The van der Waals surface area contributed by atoms with Crippen molar-refractivity contribution in [2.75, 3.05) is 19.0 Å². The lowest BCUT2D eigenvalue weighted by molar-refractivity contribution is 0.304. The van der Waals surface area contributed by atoms with Crippen LogP contribution in [0.2, 0.25) is 10.0 Å². The molecule has 2 rings (SSSR count). The van der Waals surface area contributed by atoms with Gasteiger partial charge in [-0.2, -0.15) is 9.97 Å². The van der Waals surface area contributed by atoms with Gasteiger partial charge in [-0.1, -0.05) is 23.2 Å². The Hall–Kier alpha value is -1.79. The first kappa shape index (κ1) is 14.6. The van der Waals surface area contributed by atoms with Crippen molar-refractivity contribution < 1.29 is 9.47 Å². The van der Waals surface area contributed by atoms with Gasteiger partial charge in [0.25, 0.3) is 0 Å². The molecule has 0 saturated heterocycles. The SMILES string of the molecule is CCOc1nc(NC)nc(Oc2cc(Cl)cc(Cl)c2)n1. The smallest absolute Gasteiger partial charge is 0.330 e. The number of nitrogens with zero attached hydrogens (tertiary/aromatic N) is 3. The van der Waals surface area contributed by atoms with Gasteiger partial charge in [-0.3, -0.25) is 0 Å². The molecule has 20 heavy (non-hydrogen) atoms. The molecule has 1 N–H and O–H groups in total. The second-order valence-electron chi connectivity index (χ2n) is 3.61. The molecule has 1 aromatic carbocycles. The number of nitrogens with one attached hydrogen (secondary N) is 1. The number of hydrogen-bond acceptors (Lipinski definition) is 6. The minimum atomic E-state index is 0.0890. The quantitative estimate of drug-likeness (QED) is 0.912. The maximum absolute atomic E-state index is 5.90. The number of ether oxygens (including phenoxy) is 2. The monoisotopic (exact) mass is 314 g/mol. The Kier molecular flexibility index (Phi) is 4.81. The van der Waals surface area contributed by atoms with Crippen LogP contribution in [0.3, 0.4) is 0 Å². The third-order valence-electron chi connectivity index (χ3n) is 2.14. The zero-order valence-electron chi connectivity index (χ0n) is 10.9. The maximum atomic E-state index is 5.90. The van der Waals surface area contributed by atoms with Crippen molar-refractivity contribution in [3.8, 4) is 17.8 Å². The molecule has 0 spiro atoms. The van der Waals surface area contributed by atoms with Gasteiger partial charge in [-0.05, 0) is 25.1 Å².